The Labute approximate surface area is 82.7 Å². The van der Waals surface area contributed by atoms with Gasteiger partial charge in [-0.1, -0.05) is 5.11 Å². The standard InChI is InChI=1S/C8H15N5O/c9-13-11-6-2-1-5-10-8(14)12-7-3-4-7/h7H,1-6H2,(H2,10,12,14). The number of azide groups is 1. The van der Waals surface area contributed by atoms with Gasteiger partial charge in [0.1, 0.15) is 0 Å². The van der Waals surface area contributed by atoms with E-state index in [4.69, 9.17) is 5.53 Å². The van der Waals surface area contributed by atoms with Gasteiger partial charge < -0.3 is 10.6 Å². The predicted octanol–water partition coefficient (Wildman–Crippen LogP) is 1.54. The average Bonchev–Trinajstić information content (AvgIpc) is 2.95. The summed E-state index contributed by atoms with van der Waals surface area (Å²) >= 11 is 0. The van der Waals surface area contributed by atoms with Crippen molar-refractivity contribution < 1.29 is 4.79 Å². The quantitative estimate of drug-likeness (QED) is 0.287. The summed E-state index contributed by atoms with van der Waals surface area (Å²) in [4.78, 5) is 13.7. The lowest BCUT2D eigenvalue weighted by molar-refractivity contribution is 0.240. The molecule has 0 radical (unpaired) electrons. The summed E-state index contributed by atoms with van der Waals surface area (Å²) in [6.07, 6.45) is 3.86. The molecular formula is C8H15N5O. The van der Waals surface area contributed by atoms with Crippen LogP contribution in [0.5, 0.6) is 0 Å². The Morgan fingerprint density at radius 1 is 1.50 bits per heavy atom. The molecule has 0 saturated heterocycles. The van der Waals surface area contributed by atoms with E-state index in [1.807, 2.05) is 0 Å². The highest BCUT2D eigenvalue weighted by molar-refractivity contribution is 5.74. The molecule has 0 aromatic carbocycles. The van der Waals surface area contributed by atoms with Crippen LogP contribution in [0, 0.1) is 0 Å². The highest BCUT2D eigenvalue weighted by Gasteiger charge is 2.22. The third-order valence-electron chi connectivity index (χ3n) is 1.95. The molecule has 0 spiro atoms. The van der Waals surface area contributed by atoms with Crippen LogP contribution in [0.15, 0.2) is 5.11 Å². The molecule has 2 N–H and O–H groups in total. The van der Waals surface area contributed by atoms with Crippen LogP contribution in [-0.2, 0) is 0 Å². The van der Waals surface area contributed by atoms with Gasteiger partial charge in [-0.2, -0.15) is 0 Å². The van der Waals surface area contributed by atoms with Crippen molar-refractivity contribution >= 4 is 6.03 Å². The minimum absolute atomic E-state index is 0.0868. The summed E-state index contributed by atoms with van der Waals surface area (Å²) in [6, 6.07) is 0.314. The zero-order valence-corrected chi connectivity index (χ0v) is 8.07. The molecule has 0 bridgehead atoms. The molecule has 1 saturated carbocycles. The second-order valence-electron chi connectivity index (χ2n) is 3.34. The van der Waals surface area contributed by atoms with E-state index in [0.717, 1.165) is 25.7 Å². The Kier molecular flexibility index (Phi) is 4.64. The molecule has 1 rings (SSSR count). The topological polar surface area (TPSA) is 89.9 Å². The molecule has 1 aliphatic carbocycles. The summed E-state index contributed by atoms with van der Waals surface area (Å²) in [7, 11) is 0. The van der Waals surface area contributed by atoms with Gasteiger partial charge in [0.25, 0.3) is 0 Å². The van der Waals surface area contributed by atoms with Crippen molar-refractivity contribution in [2.45, 2.75) is 31.7 Å². The van der Waals surface area contributed by atoms with Gasteiger partial charge >= 0.3 is 6.03 Å². The fourth-order valence-electron chi connectivity index (χ4n) is 1.02. The average molecular weight is 197 g/mol. The van der Waals surface area contributed by atoms with Crippen LogP contribution in [0.1, 0.15) is 25.7 Å². The van der Waals surface area contributed by atoms with Gasteiger partial charge in [-0.15, -0.1) is 0 Å². The largest absolute Gasteiger partial charge is 0.338 e. The lowest BCUT2D eigenvalue weighted by atomic mass is 10.3. The molecule has 0 unspecified atom stereocenters. The van der Waals surface area contributed by atoms with Crippen LogP contribution in [0.4, 0.5) is 4.79 Å². The van der Waals surface area contributed by atoms with Crippen molar-refractivity contribution in [2.75, 3.05) is 13.1 Å². The van der Waals surface area contributed by atoms with E-state index in [1.165, 1.54) is 0 Å². The molecule has 2 amide bonds. The third kappa shape index (κ3) is 5.27. The van der Waals surface area contributed by atoms with Gasteiger partial charge in [-0.25, -0.2) is 4.79 Å². The van der Waals surface area contributed by atoms with Crippen LogP contribution in [0.25, 0.3) is 10.4 Å². The fourth-order valence-corrected chi connectivity index (χ4v) is 1.02. The number of hydrogen-bond acceptors (Lipinski definition) is 2. The van der Waals surface area contributed by atoms with Crippen molar-refractivity contribution in [1.29, 1.82) is 0 Å². The van der Waals surface area contributed by atoms with Crippen LogP contribution < -0.4 is 10.6 Å². The Bertz CT molecular complexity index is 232. The van der Waals surface area contributed by atoms with Gasteiger partial charge in [0.15, 0.2) is 0 Å². The summed E-state index contributed by atoms with van der Waals surface area (Å²) in [5.41, 5.74) is 8.00. The Morgan fingerprint density at radius 2 is 2.29 bits per heavy atom. The molecule has 0 atom stereocenters. The molecule has 14 heavy (non-hydrogen) atoms. The van der Waals surface area contributed by atoms with E-state index in [1.54, 1.807) is 0 Å². The number of nitrogens with one attached hydrogen (secondary N) is 2. The van der Waals surface area contributed by atoms with Crippen molar-refractivity contribution in [1.82, 2.24) is 10.6 Å². The Morgan fingerprint density at radius 3 is 2.93 bits per heavy atom. The maximum absolute atomic E-state index is 11.1. The number of rotatable bonds is 6. The van der Waals surface area contributed by atoms with E-state index in [2.05, 4.69) is 20.7 Å². The first-order valence-corrected chi connectivity index (χ1v) is 4.88. The summed E-state index contributed by atoms with van der Waals surface area (Å²) < 4.78 is 0. The Hall–Kier alpha value is -1.42. The number of carbonyl (C=O) groups excluding carboxylic acids is 1. The van der Waals surface area contributed by atoms with Crippen molar-refractivity contribution in [2.24, 2.45) is 5.11 Å². The molecular weight excluding hydrogens is 182 g/mol. The lowest BCUT2D eigenvalue weighted by Gasteiger charge is -2.05. The van der Waals surface area contributed by atoms with Crippen LogP contribution in [0.2, 0.25) is 0 Å². The van der Waals surface area contributed by atoms with Gasteiger partial charge in [0.2, 0.25) is 0 Å². The minimum Gasteiger partial charge on any atom is -0.338 e. The monoisotopic (exact) mass is 197 g/mol. The highest BCUT2D eigenvalue weighted by atomic mass is 16.2. The Balaban J connectivity index is 1.86. The van der Waals surface area contributed by atoms with Crippen LogP contribution >= 0.6 is 0 Å². The minimum atomic E-state index is -0.0868. The van der Waals surface area contributed by atoms with E-state index in [9.17, 15) is 4.79 Å². The molecule has 1 aliphatic rings. The molecule has 0 heterocycles. The van der Waals surface area contributed by atoms with E-state index in [0.29, 0.717) is 19.1 Å². The maximum Gasteiger partial charge on any atom is 0.315 e. The second-order valence-corrected chi connectivity index (χ2v) is 3.34. The number of urea groups is 1. The SMILES string of the molecule is [N-]=[N+]=NCCCCNC(=O)NC1CC1. The normalized spacial score (nSPS) is 14.3. The molecule has 78 valence electrons. The summed E-state index contributed by atoms with van der Waals surface area (Å²) in [6.45, 7) is 1.14. The fraction of sp³-hybridized carbons (Fsp3) is 0.875. The molecule has 1 fully saturated rings. The molecule has 0 aromatic heterocycles. The van der Waals surface area contributed by atoms with Gasteiger partial charge in [-0.3, -0.25) is 0 Å². The van der Waals surface area contributed by atoms with E-state index >= 15 is 0 Å². The number of amides is 2. The molecule has 6 nitrogen and oxygen atoms in total. The number of unbranched alkanes of at least 4 members (excludes halogenated alkanes) is 1. The predicted molar refractivity (Wildman–Crippen MR) is 52.8 cm³/mol. The smallest absolute Gasteiger partial charge is 0.315 e. The van der Waals surface area contributed by atoms with Crippen molar-refractivity contribution in [3.05, 3.63) is 10.4 Å². The lowest BCUT2D eigenvalue weighted by Crippen LogP contribution is -2.37. The maximum atomic E-state index is 11.1. The van der Waals surface area contributed by atoms with E-state index < -0.39 is 0 Å². The van der Waals surface area contributed by atoms with Gasteiger partial charge in [-0.05, 0) is 31.2 Å². The third-order valence-corrected chi connectivity index (χ3v) is 1.95. The van der Waals surface area contributed by atoms with Gasteiger partial charge in [0, 0.05) is 24.0 Å². The van der Waals surface area contributed by atoms with Crippen molar-refractivity contribution in [3.8, 4) is 0 Å². The van der Waals surface area contributed by atoms with Crippen molar-refractivity contribution in [3.63, 3.8) is 0 Å². The summed E-state index contributed by atoms with van der Waals surface area (Å²) in [5, 5.41) is 8.97. The van der Waals surface area contributed by atoms with Crippen LogP contribution in [-0.4, -0.2) is 25.2 Å². The second kappa shape index (κ2) is 6.10. The first kappa shape index (κ1) is 10.7. The zero-order chi connectivity index (χ0) is 10.2. The molecule has 0 aromatic rings. The first-order valence-electron chi connectivity index (χ1n) is 4.88. The first-order chi connectivity index (χ1) is 6.83. The zero-order valence-electron chi connectivity index (χ0n) is 8.07. The highest BCUT2D eigenvalue weighted by Crippen LogP contribution is 2.18. The van der Waals surface area contributed by atoms with Gasteiger partial charge in [0.05, 0.1) is 0 Å². The number of nitrogens with zero attached hydrogens (tertiary/aromatic N) is 3. The molecule has 6 heteroatoms. The summed E-state index contributed by atoms with van der Waals surface area (Å²) in [5.74, 6) is 0. The van der Waals surface area contributed by atoms with E-state index in [-0.39, 0.29) is 6.03 Å². The number of carbonyl (C=O) groups is 1. The number of hydrogen-bond donors (Lipinski definition) is 2. The molecule has 0 aliphatic heterocycles. The van der Waals surface area contributed by atoms with Crippen LogP contribution in [0.3, 0.4) is 0 Å².